The number of anilines is 1. The van der Waals surface area contributed by atoms with Crippen molar-refractivity contribution in [3.8, 4) is 0 Å². The molecule has 0 aliphatic carbocycles. The lowest BCUT2D eigenvalue weighted by Gasteiger charge is -2.32. The highest BCUT2D eigenvalue weighted by atomic mass is 15.3. The third-order valence-corrected chi connectivity index (χ3v) is 3.96. The zero-order valence-electron chi connectivity index (χ0n) is 12.6. The Morgan fingerprint density at radius 3 is 2.58 bits per heavy atom. The maximum atomic E-state index is 5.77. The van der Waals surface area contributed by atoms with Crippen LogP contribution in [0.1, 0.15) is 39.3 Å². The lowest BCUT2D eigenvalue weighted by Crippen LogP contribution is -2.37. The van der Waals surface area contributed by atoms with E-state index < -0.39 is 0 Å². The second kappa shape index (κ2) is 6.42. The molecule has 1 aliphatic heterocycles. The first-order valence-corrected chi connectivity index (χ1v) is 7.65. The molecular weight excluding hydrogens is 236 g/mol. The predicted molar refractivity (Wildman–Crippen MR) is 80.4 cm³/mol. The molecule has 0 saturated carbocycles. The minimum absolute atomic E-state index is 0.652. The van der Waals surface area contributed by atoms with Crippen molar-refractivity contribution in [2.45, 2.75) is 46.6 Å². The normalized spacial score (nSPS) is 17.4. The monoisotopic (exact) mass is 264 g/mol. The number of rotatable bonds is 5. The Bertz CT molecular complexity index is 389. The third kappa shape index (κ3) is 3.50. The summed E-state index contributed by atoms with van der Waals surface area (Å²) < 4.78 is 2.34. The van der Waals surface area contributed by atoms with Crippen LogP contribution in [0.2, 0.25) is 0 Å². The van der Waals surface area contributed by atoms with Gasteiger partial charge in [0.1, 0.15) is 0 Å². The Morgan fingerprint density at radius 2 is 2.05 bits per heavy atom. The molecule has 1 fully saturated rings. The number of piperidine rings is 1. The van der Waals surface area contributed by atoms with Crippen LogP contribution >= 0.6 is 0 Å². The zero-order chi connectivity index (χ0) is 13.8. The molecule has 108 valence electrons. The molecule has 1 aromatic rings. The molecule has 4 nitrogen and oxygen atoms in total. The van der Waals surface area contributed by atoms with Crippen molar-refractivity contribution >= 4 is 5.95 Å². The molecule has 19 heavy (non-hydrogen) atoms. The minimum atomic E-state index is 0.652. The first kappa shape index (κ1) is 14.4. The molecule has 1 aliphatic rings. The second-order valence-electron chi connectivity index (χ2n) is 6.10. The molecule has 1 saturated heterocycles. The van der Waals surface area contributed by atoms with Crippen LogP contribution in [-0.4, -0.2) is 29.2 Å². The molecule has 4 heteroatoms. The molecule has 0 atom stereocenters. The quantitative estimate of drug-likeness (QED) is 0.887. The number of hydrogen-bond donors (Lipinski definition) is 1. The Balaban J connectivity index is 2.12. The van der Waals surface area contributed by atoms with Crippen LogP contribution in [0.4, 0.5) is 5.95 Å². The van der Waals surface area contributed by atoms with Crippen molar-refractivity contribution in [3.05, 3.63) is 11.9 Å². The minimum Gasteiger partial charge on any atom is -0.342 e. The highest BCUT2D eigenvalue weighted by Crippen LogP contribution is 2.23. The van der Waals surface area contributed by atoms with Crippen LogP contribution in [0.5, 0.6) is 0 Å². The van der Waals surface area contributed by atoms with Gasteiger partial charge in [0.2, 0.25) is 5.95 Å². The van der Waals surface area contributed by atoms with E-state index in [1.165, 1.54) is 24.5 Å². The fourth-order valence-electron chi connectivity index (χ4n) is 2.78. The zero-order valence-corrected chi connectivity index (χ0v) is 12.6. The summed E-state index contributed by atoms with van der Waals surface area (Å²) in [6.07, 6.45) is 5.64. The Hall–Kier alpha value is -1.03. The molecule has 0 aromatic carbocycles. The van der Waals surface area contributed by atoms with E-state index in [2.05, 4.69) is 36.4 Å². The first-order chi connectivity index (χ1) is 9.13. The summed E-state index contributed by atoms with van der Waals surface area (Å²) in [5.41, 5.74) is 6.97. The number of imidazole rings is 1. The van der Waals surface area contributed by atoms with Gasteiger partial charge < -0.3 is 15.2 Å². The van der Waals surface area contributed by atoms with Gasteiger partial charge in [0.05, 0.1) is 5.69 Å². The van der Waals surface area contributed by atoms with E-state index in [0.29, 0.717) is 11.8 Å². The Morgan fingerprint density at radius 1 is 1.37 bits per heavy atom. The van der Waals surface area contributed by atoms with Gasteiger partial charge in [-0.15, -0.1) is 0 Å². The van der Waals surface area contributed by atoms with Crippen molar-refractivity contribution in [2.24, 2.45) is 17.6 Å². The van der Waals surface area contributed by atoms with Crippen LogP contribution in [0.3, 0.4) is 0 Å². The molecule has 0 amide bonds. The van der Waals surface area contributed by atoms with E-state index in [1.807, 2.05) is 0 Å². The van der Waals surface area contributed by atoms with Crippen molar-refractivity contribution in [3.63, 3.8) is 0 Å². The van der Waals surface area contributed by atoms with Crippen LogP contribution in [-0.2, 0) is 13.0 Å². The Kier molecular flexibility index (Phi) is 4.86. The van der Waals surface area contributed by atoms with E-state index in [-0.39, 0.29) is 0 Å². The van der Waals surface area contributed by atoms with Gasteiger partial charge >= 0.3 is 0 Å². The smallest absolute Gasteiger partial charge is 0.205 e. The fourth-order valence-corrected chi connectivity index (χ4v) is 2.78. The molecule has 2 rings (SSSR count). The van der Waals surface area contributed by atoms with Gasteiger partial charge in [0, 0.05) is 25.8 Å². The molecule has 1 aromatic heterocycles. The molecule has 0 radical (unpaired) electrons. The summed E-state index contributed by atoms with van der Waals surface area (Å²) in [7, 11) is 0. The van der Waals surface area contributed by atoms with Crippen LogP contribution in [0.25, 0.3) is 0 Å². The van der Waals surface area contributed by atoms with Gasteiger partial charge in [-0.05, 0) is 37.6 Å². The lowest BCUT2D eigenvalue weighted by atomic mass is 9.97. The summed E-state index contributed by atoms with van der Waals surface area (Å²) in [5, 5.41) is 0. The fraction of sp³-hybridized carbons (Fsp3) is 0.800. The van der Waals surface area contributed by atoms with Crippen molar-refractivity contribution in [2.75, 3.05) is 24.5 Å². The number of aromatic nitrogens is 2. The largest absolute Gasteiger partial charge is 0.342 e. The highest BCUT2D eigenvalue weighted by molar-refractivity contribution is 5.34. The summed E-state index contributed by atoms with van der Waals surface area (Å²) in [4.78, 5) is 7.25. The molecule has 2 N–H and O–H groups in total. The second-order valence-corrected chi connectivity index (χ2v) is 6.10. The number of nitrogens with zero attached hydrogens (tertiary/aromatic N) is 3. The maximum absolute atomic E-state index is 5.77. The van der Waals surface area contributed by atoms with Crippen LogP contribution < -0.4 is 10.6 Å². The van der Waals surface area contributed by atoms with E-state index >= 15 is 0 Å². The molecule has 0 spiro atoms. The first-order valence-electron chi connectivity index (χ1n) is 7.65. The summed E-state index contributed by atoms with van der Waals surface area (Å²) in [6, 6.07) is 0. The van der Waals surface area contributed by atoms with Crippen molar-refractivity contribution in [1.29, 1.82) is 0 Å². The third-order valence-electron chi connectivity index (χ3n) is 3.96. The van der Waals surface area contributed by atoms with E-state index in [9.17, 15) is 0 Å². The predicted octanol–water partition coefficient (Wildman–Crippen LogP) is 2.28. The van der Waals surface area contributed by atoms with Gasteiger partial charge in [-0.25, -0.2) is 4.98 Å². The average Bonchev–Trinajstić information content (AvgIpc) is 2.81. The molecular formula is C15H28N4. The lowest BCUT2D eigenvalue weighted by molar-refractivity contribution is 0.405. The number of nitrogens with two attached hydrogens (primary N) is 1. The van der Waals surface area contributed by atoms with E-state index in [1.54, 1.807) is 0 Å². The number of hydrogen-bond acceptors (Lipinski definition) is 3. The summed E-state index contributed by atoms with van der Waals surface area (Å²) in [5.74, 6) is 2.52. The summed E-state index contributed by atoms with van der Waals surface area (Å²) >= 11 is 0. The number of aryl methyl sites for hydroxylation is 1. The van der Waals surface area contributed by atoms with Gasteiger partial charge in [0.15, 0.2) is 0 Å². The molecule has 0 unspecified atom stereocenters. The van der Waals surface area contributed by atoms with Crippen molar-refractivity contribution < 1.29 is 0 Å². The Labute approximate surface area is 117 Å². The van der Waals surface area contributed by atoms with E-state index in [4.69, 9.17) is 10.7 Å². The average molecular weight is 264 g/mol. The van der Waals surface area contributed by atoms with Gasteiger partial charge in [-0.2, -0.15) is 0 Å². The maximum Gasteiger partial charge on any atom is 0.205 e. The standard InChI is InChI=1S/C15H28N4/c1-4-14-11-19(10-12(2)3)15(17-14)18-7-5-13(9-16)6-8-18/h11-13H,4-10,16H2,1-3H3. The van der Waals surface area contributed by atoms with Gasteiger partial charge in [-0.1, -0.05) is 20.8 Å². The van der Waals surface area contributed by atoms with Gasteiger partial charge in [0.25, 0.3) is 0 Å². The van der Waals surface area contributed by atoms with Crippen LogP contribution in [0, 0.1) is 11.8 Å². The topological polar surface area (TPSA) is 47.1 Å². The van der Waals surface area contributed by atoms with Gasteiger partial charge in [-0.3, -0.25) is 0 Å². The molecule has 0 bridgehead atoms. The van der Waals surface area contributed by atoms with Crippen LogP contribution in [0.15, 0.2) is 6.20 Å². The van der Waals surface area contributed by atoms with Crippen molar-refractivity contribution in [1.82, 2.24) is 9.55 Å². The van der Waals surface area contributed by atoms with E-state index in [0.717, 1.165) is 32.6 Å². The summed E-state index contributed by atoms with van der Waals surface area (Å²) in [6.45, 7) is 10.8. The molecule has 2 heterocycles. The highest BCUT2D eigenvalue weighted by Gasteiger charge is 2.22. The SMILES string of the molecule is CCc1cn(CC(C)C)c(N2CCC(CN)CC2)n1.